The van der Waals surface area contributed by atoms with E-state index in [1.807, 2.05) is 0 Å². The molecule has 1 heterocycles. The number of hydrogen-bond acceptors (Lipinski definition) is 2. The molecular weight excluding hydrogens is 140 g/mol. The Hall–Kier alpha value is -0.220. The van der Waals surface area contributed by atoms with Crippen molar-refractivity contribution in [1.82, 2.24) is 0 Å². The number of nitrogens with two attached hydrogens (primary N) is 1. The molecule has 1 saturated heterocycles. The van der Waals surface area contributed by atoms with Gasteiger partial charge in [0, 0.05) is 19.4 Å². The molecule has 0 bridgehead atoms. The van der Waals surface area contributed by atoms with Gasteiger partial charge >= 0.3 is 0 Å². The minimum atomic E-state index is -2.55. The molecule has 0 spiro atoms. The van der Waals surface area contributed by atoms with E-state index in [9.17, 15) is 8.78 Å². The lowest BCUT2D eigenvalue weighted by Gasteiger charge is -2.28. The molecule has 0 saturated carbocycles. The highest BCUT2D eigenvalue weighted by molar-refractivity contribution is 4.77. The first-order valence-corrected chi connectivity index (χ1v) is 3.33. The maximum Gasteiger partial charge on any atom is 0.252 e. The second kappa shape index (κ2) is 2.80. The molecule has 1 unspecified atom stereocenters. The quantitative estimate of drug-likeness (QED) is 0.600. The van der Waals surface area contributed by atoms with E-state index in [0.717, 1.165) is 0 Å². The van der Waals surface area contributed by atoms with Gasteiger partial charge in [-0.2, -0.15) is 0 Å². The smallest absolute Gasteiger partial charge is 0.252 e. The van der Waals surface area contributed by atoms with Crippen LogP contribution in [0.1, 0.15) is 12.8 Å². The van der Waals surface area contributed by atoms with Gasteiger partial charge in [-0.25, -0.2) is 8.78 Å². The molecule has 0 aromatic rings. The zero-order valence-corrected chi connectivity index (χ0v) is 5.65. The van der Waals surface area contributed by atoms with E-state index >= 15 is 0 Å². The maximum absolute atomic E-state index is 12.5. The van der Waals surface area contributed by atoms with Crippen LogP contribution in [0.15, 0.2) is 0 Å². The molecule has 4 heteroatoms. The van der Waals surface area contributed by atoms with Crippen molar-refractivity contribution in [2.75, 3.05) is 13.2 Å². The normalized spacial score (nSPS) is 32.1. The Bertz CT molecular complexity index is 118. The molecule has 0 aliphatic carbocycles. The Kier molecular flexibility index (Phi) is 2.21. The third-order valence-electron chi connectivity index (χ3n) is 1.61. The molecule has 0 amide bonds. The van der Waals surface area contributed by atoms with Crippen LogP contribution in [-0.2, 0) is 4.74 Å². The highest BCUT2D eigenvalue weighted by Gasteiger charge is 2.36. The highest BCUT2D eigenvalue weighted by atomic mass is 19.3. The fourth-order valence-electron chi connectivity index (χ4n) is 1.02. The summed E-state index contributed by atoms with van der Waals surface area (Å²) in [4.78, 5) is 0. The molecule has 1 fully saturated rings. The summed E-state index contributed by atoms with van der Waals surface area (Å²) in [6.45, 7) is 0.324. The van der Waals surface area contributed by atoms with E-state index in [4.69, 9.17) is 10.5 Å². The van der Waals surface area contributed by atoms with Crippen molar-refractivity contribution in [3.05, 3.63) is 0 Å². The van der Waals surface area contributed by atoms with Gasteiger partial charge in [0.15, 0.2) is 0 Å². The van der Waals surface area contributed by atoms with Crippen molar-refractivity contribution in [3.8, 4) is 0 Å². The van der Waals surface area contributed by atoms with Crippen LogP contribution in [-0.4, -0.2) is 25.2 Å². The zero-order chi connectivity index (χ0) is 7.61. The van der Waals surface area contributed by atoms with Crippen molar-refractivity contribution in [3.63, 3.8) is 0 Å². The lowest BCUT2D eigenvalue weighted by atomic mass is 10.1. The molecule has 0 aromatic carbocycles. The van der Waals surface area contributed by atoms with E-state index in [0.29, 0.717) is 0 Å². The highest BCUT2D eigenvalue weighted by Crippen LogP contribution is 2.29. The SMILES string of the molecule is NCC1CC(F)(F)CCO1. The standard InChI is InChI=1S/C6H11F2NO/c7-6(8)1-2-10-5(3-6)4-9/h5H,1-4,9H2. The molecule has 0 radical (unpaired) electrons. The minimum Gasteiger partial charge on any atom is -0.376 e. The third-order valence-corrected chi connectivity index (χ3v) is 1.61. The zero-order valence-electron chi connectivity index (χ0n) is 5.65. The summed E-state index contributed by atoms with van der Waals surface area (Å²) >= 11 is 0. The third kappa shape index (κ3) is 1.88. The summed E-state index contributed by atoms with van der Waals surface area (Å²) in [6, 6.07) is 0. The fraction of sp³-hybridized carbons (Fsp3) is 1.00. The topological polar surface area (TPSA) is 35.2 Å². The van der Waals surface area contributed by atoms with Gasteiger partial charge < -0.3 is 10.5 Å². The van der Waals surface area contributed by atoms with Gasteiger partial charge in [0.2, 0.25) is 0 Å². The molecule has 1 atom stereocenters. The lowest BCUT2D eigenvalue weighted by Crippen LogP contribution is -2.38. The van der Waals surface area contributed by atoms with Gasteiger partial charge in [0.25, 0.3) is 5.92 Å². The summed E-state index contributed by atoms with van der Waals surface area (Å²) in [6.07, 6.45) is -0.823. The van der Waals surface area contributed by atoms with Crippen LogP contribution in [0.2, 0.25) is 0 Å². The molecule has 2 nitrogen and oxygen atoms in total. The van der Waals surface area contributed by atoms with E-state index in [1.165, 1.54) is 0 Å². The summed E-state index contributed by atoms with van der Waals surface area (Å²) in [5, 5.41) is 0. The Morgan fingerprint density at radius 3 is 2.70 bits per heavy atom. The Labute approximate surface area is 58.3 Å². The number of ether oxygens (including phenoxy) is 1. The summed E-state index contributed by atoms with van der Waals surface area (Å²) in [5.41, 5.74) is 5.17. The van der Waals surface area contributed by atoms with Gasteiger partial charge in [-0.05, 0) is 0 Å². The van der Waals surface area contributed by atoms with Gasteiger partial charge in [0.1, 0.15) is 0 Å². The monoisotopic (exact) mass is 151 g/mol. The predicted molar refractivity (Wildman–Crippen MR) is 33.0 cm³/mol. The van der Waals surface area contributed by atoms with Crippen LogP contribution in [0.5, 0.6) is 0 Å². The first kappa shape index (κ1) is 7.88. The molecule has 0 aromatic heterocycles. The Balaban J connectivity index is 2.40. The summed E-state index contributed by atoms with van der Waals surface area (Å²) in [5.74, 6) is -2.55. The van der Waals surface area contributed by atoms with Crippen molar-refractivity contribution >= 4 is 0 Å². The Morgan fingerprint density at radius 1 is 1.60 bits per heavy atom. The molecule has 10 heavy (non-hydrogen) atoms. The molecule has 1 aliphatic heterocycles. The van der Waals surface area contributed by atoms with Gasteiger partial charge in [-0.1, -0.05) is 0 Å². The van der Waals surface area contributed by atoms with Crippen molar-refractivity contribution in [1.29, 1.82) is 0 Å². The van der Waals surface area contributed by atoms with Crippen LogP contribution in [0.3, 0.4) is 0 Å². The van der Waals surface area contributed by atoms with Crippen molar-refractivity contribution in [2.24, 2.45) is 5.73 Å². The minimum absolute atomic E-state index is 0.134. The first-order valence-electron chi connectivity index (χ1n) is 3.33. The lowest BCUT2D eigenvalue weighted by molar-refractivity contribution is -0.124. The number of rotatable bonds is 1. The number of alkyl halides is 2. The van der Waals surface area contributed by atoms with E-state index in [-0.39, 0.29) is 26.0 Å². The molecule has 1 rings (SSSR count). The van der Waals surface area contributed by atoms with Crippen molar-refractivity contribution in [2.45, 2.75) is 24.9 Å². The van der Waals surface area contributed by atoms with E-state index in [1.54, 1.807) is 0 Å². The van der Waals surface area contributed by atoms with Crippen molar-refractivity contribution < 1.29 is 13.5 Å². The second-order valence-corrected chi connectivity index (χ2v) is 2.54. The van der Waals surface area contributed by atoms with Crippen LogP contribution in [0.25, 0.3) is 0 Å². The van der Waals surface area contributed by atoms with E-state index < -0.39 is 12.0 Å². The molecular formula is C6H11F2NO. The summed E-state index contributed by atoms with van der Waals surface area (Å²) < 4.78 is 30.0. The molecule has 1 aliphatic rings. The van der Waals surface area contributed by atoms with Crippen LogP contribution < -0.4 is 5.73 Å². The molecule has 60 valence electrons. The summed E-state index contributed by atoms with van der Waals surface area (Å²) in [7, 11) is 0. The largest absolute Gasteiger partial charge is 0.376 e. The average molecular weight is 151 g/mol. The number of hydrogen-bond donors (Lipinski definition) is 1. The molecule has 2 N–H and O–H groups in total. The Morgan fingerprint density at radius 2 is 2.30 bits per heavy atom. The van der Waals surface area contributed by atoms with Crippen LogP contribution in [0, 0.1) is 0 Å². The first-order chi connectivity index (χ1) is 4.64. The van der Waals surface area contributed by atoms with Crippen LogP contribution >= 0.6 is 0 Å². The maximum atomic E-state index is 12.5. The fourth-order valence-corrected chi connectivity index (χ4v) is 1.02. The van der Waals surface area contributed by atoms with E-state index in [2.05, 4.69) is 0 Å². The second-order valence-electron chi connectivity index (χ2n) is 2.54. The van der Waals surface area contributed by atoms with Gasteiger partial charge in [0.05, 0.1) is 12.7 Å². The predicted octanol–water partition coefficient (Wildman–Crippen LogP) is 0.759. The van der Waals surface area contributed by atoms with Crippen LogP contribution in [0.4, 0.5) is 8.78 Å². The van der Waals surface area contributed by atoms with Gasteiger partial charge in [-0.15, -0.1) is 0 Å². The average Bonchev–Trinajstić information content (AvgIpc) is 1.86. The number of halogens is 2. The van der Waals surface area contributed by atoms with Gasteiger partial charge in [-0.3, -0.25) is 0 Å².